The fourth-order valence-corrected chi connectivity index (χ4v) is 2.20. The summed E-state index contributed by atoms with van der Waals surface area (Å²) in [6.07, 6.45) is 3.62. The molecule has 1 fully saturated rings. The Morgan fingerprint density at radius 1 is 1.29 bits per heavy atom. The molecule has 1 aromatic heterocycles. The van der Waals surface area contributed by atoms with Crippen LogP contribution in [-0.4, -0.2) is 43.1 Å². The summed E-state index contributed by atoms with van der Waals surface area (Å²) in [6.45, 7) is 2.77. The first kappa shape index (κ1) is 12.9. The third-order valence-electron chi connectivity index (χ3n) is 2.52. The van der Waals surface area contributed by atoms with Gasteiger partial charge in [-0.05, 0) is 12.8 Å². The second-order valence-corrected chi connectivity index (χ2v) is 5.26. The zero-order valence-corrected chi connectivity index (χ0v) is 11.0. The maximum Gasteiger partial charge on any atom is 0.143 e. The van der Waals surface area contributed by atoms with Crippen molar-refractivity contribution >= 4 is 11.3 Å². The fourth-order valence-electron chi connectivity index (χ4n) is 1.42. The number of rotatable bonds is 9. The van der Waals surface area contributed by atoms with Gasteiger partial charge in [-0.1, -0.05) is 11.3 Å². The van der Waals surface area contributed by atoms with Crippen molar-refractivity contribution in [3.8, 4) is 0 Å². The Hall–Kier alpha value is -0.560. The van der Waals surface area contributed by atoms with E-state index in [0.717, 1.165) is 29.0 Å². The Balaban J connectivity index is 1.60. The van der Waals surface area contributed by atoms with Gasteiger partial charge in [0.05, 0.1) is 13.2 Å². The van der Waals surface area contributed by atoms with Crippen LogP contribution in [0.2, 0.25) is 0 Å². The summed E-state index contributed by atoms with van der Waals surface area (Å²) in [5.41, 5.74) is 0. The molecular formula is C11H19N3O2S. The molecule has 0 radical (unpaired) electrons. The van der Waals surface area contributed by atoms with Gasteiger partial charge in [0.2, 0.25) is 0 Å². The molecule has 0 aromatic carbocycles. The Kier molecular flexibility index (Phi) is 5.31. The number of methoxy groups -OCH3 is 1. The highest BCUT2D eigenvalue weighted by Crippen LogP contribution is 2.18. The van der Waals surface area contributed by atoms with Gasteiger partial charge in [-0.15, -0.1) is 10.2 Å². The van der Waals surface area contributed by atoms with Crippen molar-refractivity contribution in [2.75, 3.05) is 26.9 Å². The number of hydrogen-bond acceptors (Lipinski definition) is 6. The van der Waals surface area contributed by atoms with E-state index in [1.54, 1.807) is 18.4 Å². The van der Waals surface area contributed by atoms with E-state index in [9.17, 15) is 0 Å². The predicted octanol–water partition coefficient (Wildman–Crippen LogP) is 0.996. The van der Waals surface area contributed by atoms with Crippen LogP contribution in [0.5, 0.6) is 0 Å². The molecule has 0 amide bonds. The topological polar surface area (TPSA) is 56.3 Å². The van der Waals surface area contributed by atoms with Crippen LogP contribution in [0.4, 0.5) is 0 Å². The van der Waals surface area contributed by atoms with Gasteiger partial charge in [0.15, 0.2) is 0 Å². The lowest BCUT2D eigenvalue weighted by Crippen LogP contribution is -2.19. The molecule has 1 N–H and O–H groups in total. The Morgan fingerprint density at radius 2 is 2.12 bits per heavy atom. The minimum Gasteiger partial charge on any atom is -0.382 e. The first-order valence-electron chi connectivity index (χ1n) is 6.00. The van der Waals surface area contributed by atoms with Crippen molar-refractivity contribution in [1.82, 2.24) is 15.5 Å². The van der Waals surface area contributed by atoms with Gasteiger partial charge < -0.3 is 14.8 Å². The van der Waals surface area contributed by atoms with Crippen LogP contribution in [0.3, 0.4) is 0 Å². The fraction of sp³-hybridized carbons (Fsp3) is 0.818. The zero-order valence-electron chi connectivity index (χ0n) is 10.1. The first-order valence-corrected chi connectivity index (χ1v) is 6.81. The summed E-state index contributed by atoms with van der Waals surface area (Å²) in [5, 5.41) is 13.8. The van der Waals surface area contributed by atoms with Crippen molar-refractivity contribution in [1.29, 1.82) is 0 Å². The monoisotopic (exact) mass is 257 g/mol. The molecule has 0 saturated heterocycles. The Labute approximate surface area is 106 Å². The summed E-state index contributed by atoms with van der Waals surface area (Å²) >= 11 is 1.63. The summed E-state index contributed by atoms with van der Waals surface area (Å²) in [7, 11) is 1.67. The number of aromatic nitrogens is 2. The highest BCUT2D eigenvalue weighted by atomic mass is 32.1. The van der Waals surface area contributed by atoms with E-state index in [-0.39, 0.29) is 0 Å². The third kappa shape index (κ3) is 5.08. The number of nitrogens with one attached hydrogen (secondary N) is 1. The minimum absolute atomic E-state index is 0.539. The van der Waals surface area contributed by atoms with Crippen molar-refractivity contribution < 1.29 is 9.47 Å². The van der Waals surface area contributed by atoms with Crippen LogP contribution in [0.15, 0.2) is 0 Å². The molecule has 6 heteroatoms. The van der Waals surface area contributed by atoms with Gasteiger partial charge in [-0.25, -0.2) is 0 Å². The van der Waals surface area contributed by atoms with Crippen LogP contribution < -0.4 is 5.32 Å². The molecule has 5 nitrogen and oxygen atoms in total. The Morgan fingerprint density at radius 3 is 2.88 bits per heavy atom. The molecule has 0 aliphatic heterocycles. The first-order chi connectivity index (χ1) is 8.38. The SMILES string of the molecule is COCCOCc1nnc(CCNC2CC2)s1. The predicted molar refractivity (Wildman–Crippen MR) is 66.2 cm³/mol. The van der Waals surface area contributed by atoms with Gasteiger partial charge in [-0.2, -0.15) is 0 Å². The van der Waals surface area contributed by atoms with E-state index in [0.29, 0.717) is 19.8 Å². The average molecular weight is 257 g/mol. The second kappa shape index (κ2) is 7.00. The van der Waals surface area contributed by atoms with Crippen LogP contribution in [0, 0.1) is 0 Å². The molecular weight excluding hydrogens is 238 g/mol. The van der Waals surface area contributed by atoms with Crippen molar-refractivity contribution in [2.24, 2.45) is 0 Å². The Bertz CT molecular complexity index is 328. The molecule has 17 heavy (non-hydrogen) atoms. The summed E-state index contributed by atoms with van der Waals surface area (Å²) in [6, 6.07) is 0.764. The minimum atomic E-state index is 0.539. The molecule has 1 heterocycles. The molecule has 1 aromatic rings. The standard InChI is InChI=1S/C11H19N3O2S/c1-15-6-7-16-8-11-14-13-10(17-11)4-5-12-9-2-3-9/h9,12H,2-8H2,1H3. The lowest BCUT2D eigenvalue weighted by atomic mass is 10.4. The molecule has 0 bridgehead atoms. The number of nitrogens with zero attached hydrogens (tertiary/aromatic N) is 2. The van der Waals surface area contributed by atoms with Crippen molar-refractivity contribution in [3.05, 3.63) is 10.0 Å². The smallest absolute Gasteiger partial charge is 0.143 e. The molecule has 0 spiro atoms. The zero-order chi connectivity index (χ0) is 11.9. The summed E-state index contributed by atoms with van der Waals surface area (Å²) in [4.78, 5) is 0. The quantitative estimate of drug-likeness (QED) is 0.669. The molecule has 96 valence electrons. The normalized spacial score (nSPS) is 15.4. The highest BCUT2D eigenvalue weighted by molar-refractivity contribution is 7.11. The van der Waals surface area contributed by atoms with Crippen molar-refractivity contribution in [3.63, 3.8) is 0 Å². The van der Waals surface area contributed by atoms with E-state index in [1.807, 2.05) is 0 Å². The second-order valence-electron chi connectivity index (χ2n) is 4.11. The van der Waals surface area contributed by atoms with Crippen LogP contribution in [0.1, 0.15) is 22.9 Å². The van der Waals surface area contributed by atoms with Gasteiger partial charge in [0.1, 0.15) is 16.6 Å². The maximum absolute atomic E-state index is 5.39. The van der Waals surface area contributed by atoms with E-state index in [4.69, 9.17) is 9.47 Å². The summed E-state index contributed by atoms with van der Waals surface area (Å²) < 4.78 is 10.3. The van der Waals surface area contributed by atoms with Gasteiger partial charge in [0, 0.05) is 26.1 Å². The molecule has 1 aliphatic rings. The van der Waals surface area contributed by atoms with Crippen LogP contribution >= 0.6 is 11.3 Å². The highest BCUT2D eigenvalue weighted by Gasteiger charge is 2.19. The lowest BCUT2D eigenvalue weighted by Gasteiger charge is -1.99. The van der Waals surface area contributed by atoms with E-state index in [2.05, 4.69) is 15.5 Å². The van der Waals surface area contributed by atoms with Crippen LogP contribution in [0.25, 0.3) is 0 Å². The lowest BCUT2D eigenvalue weighted by molar-refractivity contribution is 0.0613. The van der Waals surface area contributed by atoms with Crippen LogP contribution in [-0.2, 0) is 22.5 Å². The molecule has 0 atom stereocenters. The molecule has 0 unspecified atom stereocenters. The van der Waals surface area contributed by atoms with Crippen molar-refractivity contribution in [2.45, 2.75) is 31.9 Å². The number of hydrogen-bond donors (Lipinski definition) is 1. The van der Waals surface area contributed by atoms with Gasteiger partial charge in [-0.3, -0.25) is 0 Å². The largest absolute Gasteiger partial charge is 0.382 e. The average Bonchev–Trinajstić information content (AvgIpc) is 3.04. The third-order valence-corrected chi connectivity index (χ3v) is 3.47. The molecule has 2 rings (SSSR count). The maximum atomic E-state index is 5.39. The van der Waals surface area contributed by atoms with E-state index >= 15 is 0 Å². The molecule has 1 aliphatic carbocycles. The van der Waals surface area contributed by atoms with E-state index < -0.39 is 0 Å². The van der Waals surface area contributed by atoms with Gasteiger partial charge in [0.25, 0.3) is 0 Å². The number of ether oxygens (including phenoxy) is 2. The molecule has 1 saturated carbocycles. The summed E-state index contributed by atoms with van der Waals surface area (Å²) in [5.74, 6) is 0. The van der Waals surface area contributed by atoms with E-state index in [1.165, 1.54) is 12.8 Å². The van der Waals surface area contributed by atoms with Gasteiger partial charge >= 0.3 is 0 Å².